The Hall–Kier alpha value is 0.0800. The summed E-state index contributed by atoms with van der Waals surface area (Å²) < 4.78 is 2.80. The first-order valence-corrected chi connectivity index (χ1v) is 3.55. The van der Waals surface area contributed by atoms with Gasteiger partial charge in [0.2, 0.25) is 5.90 Å². The average molecular weight is 202 g/mol. The SMILES string of the molecule is CC=COC(=N)C(Cl)(Cl)Cl. The highest BCUT2D eigenvalue weighted by atomic mass is 35.6. The van der Waals surface area contributed by atoms with E-state index in [9.17, 15) is 0 Å². The van der Waals surface area contributed by atoms with Crippen molar-refractivity contribution in [2.75, 3.05) is 0 Å². The molecule has 0 saturated carbocycles. The van der Waals surface area contributed by atoms with Crippen LogP contribution in [-0.4, -0.2) is 9.69 Å². The fourth-order valence-electron chi connectivity index (χ4n) is 0.203. The van der Waals surface area contributed by atoms with Gasteiger partial charge in [0.1, 0.15) is 0 Å². The van der Waals surface area contributed by atoms with Crippen molar-refractivity contribution in [3.05, 3.63) is 12.3 Å². The molecule has 0 amide bonds. The van der Waals surface area contributed by atoms with Crippen LogP contribution in [0, 0.1) is 5.41 Å². The monoisotopic (exact) mass is 201 g/mol. The van der Waals surface area contributed by atoms with E-state index in [2.05, 4.69) is 4.74 Å². The third-order valence-corrected chi connectivity index (χ3v) is 1.09. The summed E-state index contributed by atoms with van der Waals surface area (Å²) in [5, 5.41) is 6.97. The summed E-state index contributed by atoms with van der Waals surface area (Å²) in [5.74, 6) is -0.407. The van der Waals surface area contributed by atoms with Gasteiger partial charge in [-0.3, -0.25) is 5.41 Å². The Kier molecular flexibility index (Phi) is 4.09. The van der Waals surface area contributed by atoms with Crippen molar-refractivity contribution < 1.29 is 4.74 Å². The molecule has 5 heteroatoms. The van der Waals surface area contributed by atoms with Crippen molar-refractivity contribution in [2.45, 2.75) is 10.7 Å². The molecule has 0 spiro atoms. The Morgan fingerprint density at radius 3 is 2.30 bits per heavy atom. The molecule has 10 heavy (non-hydrogen) atoms. The van der Waals surface area contributed by atoms with Gasteiger partial charge in [0.25, 0.3) is 3.79 Å². The molecule has 1 N–H and O–H groups in total. The number of hydrogen-bond donors (Lipinski definition) is 1. The summed E-state index contributed by atoms with van der Waals surface area (Å²) in [6.45, 7) is 1.73. The van der Waals surface area contributed by atoms with E-state index in [0.29, 0.717) is 0 Å². The highest BCUT2D eigenvalue weighted by Gasteiger charge is 2.27. The zero-order chi connectivity index (χ0) is 8.20. The lowest BCUT2D eigenvalue weighted by atomic mass is 10.7. The maximum Gasteiger partial charge on any atom is 0.266 e. The highest BCUT2D eigenvalue weighted by Crippen LogP contribution is 2.27. The van der Waals surface area contributed by atoms with Crippen LogP contribution < -0.4 is 0 Å². The minimum Gasteiger partial charge on any atom is -0.447 e. The Morgan fingerprint density at radius 2 is 2.00 bits per heavy atom. The van der Waals surface area contributed by atoms with E-state index in [1.54, 1.807) is 13.0 Å². The molecular weight excluding hydrogens is 196 g/mol. The second-order valence-corrected chi connectivity index (χ2v) is 3.70. The van der Waals surface area contributed by atoms with E-state index < -0.39 is 9.69 Å². The van der Waals surface area contributed by atoms with Crippen LogP contribution in [0.25, 0.3) is 0 Å². The third-order valence-electron chi connectivity index (χ3n) is 0.579. The molecule has 0 unspecified atom stereocenters. The molecule has 0 aliphatic heterocycles. The molecule has 58 valence electrons. The van der Waals surface area contributed by atoms with Crippen LogP contribution in [0.15, 0.2) is 12.3 Å². The normalized spacial score (nSPS) is 12.0. The molecule has 0 bridgehead atoms. The van der Waals surface area contributed by atoms with Gasteiger partial charge in [-0.1, -0.05) is 40.9 Å². The van der Waals surface area contributed by atoms with Gasteiger partial charge in [0.15, 0.2) is 0 Å². The number of ether oxygens (including phenoxy) is 1. The number of rotatable bonds is 1. The number of allylic oxidation sites excluding steroid dienone is 1. The topological polar surface area (TPSA) is 33.1 Å². The van der Waals surface area contributed by atoms with Gasteiger partial charge in [0.05, 0.1) is 6.26 Å². The Labute approximate surface area is 74.2 Å². The van der Waals surface area contributed by atoms with Gasteiger partial charge in [-0.25, -0.2) is 0 Å². The maximum atomic E-state index is 6.97. The first-order chi connectivity index (χ1) is 4.48. The van der Waals surface area contributed by atoms with E-state index >= 15 is 0 Å². The average Bonchev–Trinajstić information content (AvgIpc) is 1.80. The molecule has 0 aromatic carbocycles. The van der Waals surface area contributed by atoms with Crippen molar-refractivity contribution in [2.24, 2.45) is 0 Å². The predicted octanol–water partition coefficient (Wildman–Crippen LogP) is 2.88. The van der Waals surface area contributed by atoms with Crippen LogP contribution in [0.5, 0.6) is 0 Å². The van der Waals surface area contributed by atoms with Crippen LogP contribution in [0.3, 0.4) is 0 Å². The van der Waals surface area contributed by atoms with E-state index in [-0.39, 0.29) is 0 Å². The summed E-state index contributed by atoms with van der Waals surface area (Å²) in [4.78, 5) is 0. The fraction of sp³-hybridized carbons (Fsp3) is 0.400. The largest absolute Gasteiger partial charge is 0.447 e. The molecule has 0 aromatic rings. The molecule has 0 atom stereocenters. The van der Waals surface area contributed by atoms with Gasteiger partial charge >= 0.3 is 0 Å². The lowest BCUT2D eigenvalue weighted by molar-refractivity contribution is 0.457. The highest BCUT2D eigenvalue weighted by molar-refractivity contribution is 6.76. The van der Waals surface area contributed by atoms with Crippen molar-refractivity contribution in [3.63, 3.8) is 0 Å². The number of halogens is 3. The smallest absolute Gasteiger partial charge is 0.266 e. The Morgan fingerprint density at radius 1 is 1.50 bits per heavy atom. The molecule has 0 aliphatic rings. The molecule has 0 radical (unpaired) electrons. The Balaban J connectivity index is 3.86. The summed E-state index contributed by atoms with van der Waals surface area (Å²) in [5.41, 5.74) is 0. The van der Waals surface area contributed by atoms with E-state index in [0.717, 1.165) is 0 Å². The number of hydrogen-bond acceptors (Lipinski definition) is 2. The van der Waals surface area contributed by atoms with E-state index in [1.807, 2.05) is 0 Å². The predicted molar refractivity (Wildman–Crippen MR) is 43.9 cm³/mol. The zero-order valence-electron chi connectivity index (χ0n) is 5.20. The van der Waals surface area contributed by atoms with Gasteiger partial charge in [-0.2, -0.15) is 0 Å². The van der Waals surface area contributed by atoms with Crippen LogP contribution in [0.4, 0.5) is 0 Å². The lowest BCUT2D eigenvalue weighted by Crippen LogP contribution is -2.18. The second kappa shape index (κ2) is 4.06. The lowest BCUT2D eigenvalue weighted by Gasteiger charge is -2.09. The zero-order valence-corrected chi connectivity index (χ0v) is 7.46. The molecule has 0 aromatic heterocycles. The van der Waals surface area contributed by atoms with Crippen molar-refractivity contribution in [3.8, 4) is 0 Å². The quantitative estimate of drug-likeness (QED) is 0.302. The standard InChI is InChI=1S/C5H6Cl3NO/c1-2-3-10-4(9)5(6,7)8/h2-3,9H,1H3. The first kappa shape index (κ1) is 10.1. The Bertz CT molecular complexity index is 149. The molecule has 0 saturated heterocycles. The molecule has 0 aliphatic carbocycles. The van der Waals surface area contributed by atoms with E-state index in [1.165, 1.54) is 6.26 Å². The molecular formula is C5H6Cl3NO. The third kappa shape index (κ3) is 3.99. The van der Waals surface area contributed by atoms with Crippen LogP contribution >= 0.6 is 34.8 Å². The minimum atomic E-state index is -1.76. The summed E-state index contributed by atoms with van der Waals surface area (Å²) in [6, 6.07) is 0. The van der Waals surface area contributed by atoms with Crippen LogP contribution in [0.2, 0.25) is 0 Å². The van der Waals surface area contributed by atoms with E-state index in [4.69, 9.17) is 40.2 Å². The van der Waals surface area contributed by atoms with Gasteiger partial charge in [0, 0.05) is 0 Å². The summed E-state index contributed by atoms with van der Waals surface area (Å²) in [7, 11) is 0. The number of alkyl halides is 3. The fourth-order valence-corrected chi connectivity index (χ4v) is 0.337. The molecule has 0 heterocycles. The van der Waals surface area contributed by atoms with Gasteiger partial charge in [-0.15, -0.1) is 0 Å². The van der Waals surface area contributed by atoms with Gasteiger partial charge < -0.3 is 4.74 Å². The molecule has 0 fully saturated rings. The van der Waals surface area contributed by atoms with Crippen LogP contribution in [0.1, 0.15) is 6.92 Å². The summed E-state index contributed by atoms with van der Waals surface area (Å²) in [6.07, 6.45) is 2.86. The van der Waals surface area contributed by atoms with Crippen LogP contribution in [-0.2, 0) is 4.74 Å². The first-order valence-electron chi connectivity index (χ1n) is 2.42. The molecule has 0 rings (SSSR count). The van der Waals surface area contributed by atoms with Crippen molar-refractivity contribution in [1.82, 2.24) is 0 Å². The van der Waals surface area contributed by atoms with Crippen molar-refractivity contribution >= 4 is 40.7 Å². The molecule has 2 nitrogen and oxygen atoms in total. The summed E-state index contributed by atoms with van der Waals surface area (Å²) >= 11 is 15.8. The van der Waals surface area contributed by atoms with Gasteiger partial charge in [-0.05, 0) is 6.92 Å². The maximum absolute atomic E-state index is 6.97. The van der Waals surface area contributed by atoms with Crippen molar-refractivity contribution in [1.29, 1.82) is 5.41 Å². The minimum absolute atomic E-state index is 0.407. The second-order valence-electron chi connectivity index (χ2n) is 1.41. The number of nitrogens with one attached hydrogen (secondary N) is 1.